The van der Waals surface area contributed by atoms with E-state index in [1.54, 1.807) is 12.4 Å². The Morgan fingerprint density at radius 2 is 1.69 bits per heavy atom. The lowest BCUT2D eigenvalue weighted by atomic mass is 9.84. The number of aromatic nitrogens is 2. The molecule has 2 nitrogen and oxygen atoms in total. The van der Waals surface area contributed by atoms with Gasteiger partial charge >= 0.3 is 6.18 Å². The molecule has 0 bridgehead atoms. The van der Waals surface area contributed by atoms with Gasteiger partial charge in [-0.2, -0.15) is 13.2 Å². The van der Waals surface area contributed by atoms with E-state index in [2.05, 4.69) is 4.98 Å². The number of rotatable bonds is 3. The van der Waals surface area contributed by atoms with Gasteiger partial charge < -0.3 is 0 Å². The largest absolute Gasteiger partial charge is 0.394 e. The Morgan fingerprint density at radius 3 is 2.35 bits per heavy atom. The first-order valence-electron chi connectivity index (χ1n) is 8.51. The molecule has 2 aromatic carbocycles. The molecular formula is C21H22F3N2+. The molecule has 3 aromatic rings. The molecule has 0 saturated carbocycles. The summed E-state index contributed by atoms with van der Waals surface area (Å²) in [5.41, 5.74) is 2.54. The number of hydrogen-bond donors (Lipinski definition) is 0. The Hall–Kier alpha value is -2.43. The zero-order chi connectivity index (χ0) is 19.1. The van der Waals surface area contributed by atoms with Gasteiger partial charge in [-0.1, -0.05) is 50.2 Å². The van der Waals surface area contributed by atoms with E-state index >= 15 is 0 Å². The number of hydrogen-bond acceptors (Lipinski definition) is 1. The minimum Gasteiger partial charge on any atom is -0.232 e. The summed E-state index contributed by atoms with van der Waals surface area (Å²) in [6, 6.07) is 13.5. The second-order valence-corrected chi connectivity index (χ2v) is 7.39. The molecule has 0 aliphatic carbocycles. The first kappa shape index (κ1) is 18.4. The van der Waals surface area contributed by atoms with Crippen LogP contribution in [0.1, 0.15) is 25.0 Å². The van der Waals surface area contributed by atoms with E-state index in [0.29, 0.717) is 11.1 Å². The van der Waals surface area contributed by atoms with Crippen LogP contribution in [0, 0.1) is 12.3 Å². The molecule has 0 radical (unpaired) electrons. The maximum absolute atomic E-state index is 13.4. The van der Waals surface area contributed by atoms with E-state index in [0.717, 1.165) is 22.2 Å². The number of aryl methyl sites for hydroxylation is 2. The molecular weight excluding hydrogens is 337 g/mol. The maximum Gasteiger partial charge on any atom is 0.394 e. The highest BCUT2D eigenvalue weighted by molar-refractivity contribution is 5.93. The minimum atomic E-state index is -4.27. The third-order valence-corrected chi connectivity index (χ3v) is 4.89. The van der Waals surface area contributed by atoms with Crippen LogP contribution in [0.15, 0.2) is 48.8 Å². The summed E-state index contributed by atoms with van der Waals surface area (Å²) in [5, 5.41) is 0.861. The summed E-state index contributed by atoms with van der Waals surface area (Å²) < 4.78 is 42.0. The van der Waals surface area contributed by atoms with Gasteiger partial charge in [0.15, 0.2) is 5.52 Å². The SMILES string of the molecule is Cc1ccccc1-c1c2cccc(CC(C)(C)C(F)(F)F)c2nc[n+]1C. The molecule has 5 heteroatoms. The Bertz CT molecular complexity index is 959. The van der Waals surface area contributed by atoms with Crippen LogP contribution in [0.4, 0.5) is 13.2 Å². The standard InChI is InChI=1S/C21H22F3N2/c1-14-8-5-6-10-16(14)19-17-11-7-9-15(18(17)25-13-26(19)4)12-20(2,3)21(22,23)24/h5-11,13H,12H2,1-4H3/q+1. The van der Waals surface area contributed by atoms with Gasteiger partial charge in [-0.25, -0.2) is 4.57 Å². The molecule has 26 heavy (non-hydrogen) atoms. The second kappa shape index (κ2) is 6.38. The Labute approximate surface area is 151 Å². The quantitative estimate of drug-likeness (QED) is 0.590. The fraction of sp³-hybridized carbons (Fsp3) is 0.333. The number of para-hydroxylation sites is 1. The Kier molecular flexibility index (Phi) is 4.51. The van der Waals surface area contributed by atoms with Gasteiger partial charge in [0.2, 0.25) is 0 Å². The van der Waals surface area contributed by atoms with Gasteiger partial charge in [-0.05, 0) is 30.0 Å². The second-order valence-electron chi connectivity index (χ2n) is 7.39. The highest BCUT2D eigenvalue weighted by Gasteiger charge is 2.47. The zero-order valence-corrected chi connectivity index (χ0v) is 15.4. The van der Waals surface area contributed by atoms with E-state index in [1.807, 2.05) is 54.9 Å². The van der Waals surface area contributed by atoms with Gasteiger partial charge in [0.25, 0.3) is 6.33 Å². The summed E-state index contributed by atoms with van der Waals surface area (Å²) >= 11 is 0. The van der Waals surface area contributed by atoms with Gasteiger partial charge in [0.05, 0.1) is 17.8 Å². The topological polar surface area (TPSA) is 16.8 Å². The molecule has 0 atom stereocenters. The van der Waals surface area contributed by atoms with Crippen LogP contribution in [0.3, 0.4) is 0 Å². The summed E-state index contributed by atoms with van der Waals surface area (Å²) in [4.78, 5) is 4.46. The van der Waals surface area contributed by atoms with E-state index in [-0.39, 0.29) is 6.42 Å². The molecule has 3 rings (SSSR count). The van der Waals surface area contributed by atoms with Gasteiger partial charge in [-0.3, -0.25) is 0 Å². The van der Waals surface area contributed by atoms with E-state index < -0.39 is 11.6 Å². The van der Waals surface area contributed by atoms with Crippen molar-refractivity contribution in [1.29, 1.82) is 0 Å². The number of benzene rings is 2. The predicted octanol–water partition coefficient (Wildman–Crippen LogP) is 5.17. The highest BCUT2D eigenvalue weighted by Crippen LogP contribution is 2.41. The van der Waals surface area contributed by atoms with Crippen LogP contribution in [-0.4, -0.2) is 11.2 Å². The van der Waals surface area contributed by atoms with Crippen LogP contribution in [0.5, 0.6) is 0 Å². The van der Waals surface area contributed by atoms with Crippen molar-refractivity contribution in [3.05, 3.63) is 59.9 Å². The first-order valence-corrected chi connectivity index (χ1v) is 8.51. The lowest BCUT2D eigenvalue weighted by molar-refractivity contribution is -0.662. The van der Waals surface area contributed by atoms with Crippen molar-refractivity contribution in [1.82, 2.24) is 4.98 Å². The average molecular weight is 359 g/mol. The number of halogens is 3. The molecule has 0 N–H and O–H groups in total. The third-order valence-electron chi connectivity index (χ3n) is 4.89. The van der Waals surface area contributed by atoms with Crippen molar-refractivity contribution in [2.24, 2.45) is 12.5 Å². The molecule has 1 heterocycles. The van der Waals surface area contributed by atoms with Crippen LogP contribution >= 0.6 is 0 Å². The molecule has 0 unspecified atom stereocenters. The van der Waals surface area contributed by atoms with Crippen molar-refractivity contribution in [3.8, 4) is 11.3 Å². The lowest BCUT2D eigenvalue weighted by Crippen LogP contribution is -2.34. The lowest BCUT2D eigenvalue weighted by Gasteiger charge is -2.27. The van der Waals surface area contributed by atoms with Gasteiger partial charge in [0.1, 0.15) is 5.69 Å². The number of fused-ring (bicyclic) bond motifs is 1. The summed E-state index contributed by atoms with van der Waals surface area (Å²) in [6.07, 6.45) is -2.70. The van der Waals surface area contributed by atoms with E-state index in [1.165, 1.54) is 13.8 Å². The molecule has 0 saturated heterocycles. The number of nitrogens with zero attached hydrogens (tertiary/aromatic N) is 2. The molecule has 0 amide bonds. The molecule has 0 spiro atoms. The molecule has 0 fully saturated rings. The van der Waals surface area contributed by atoms with E-state index in [9.17, 15) is 13.2 Å². The summed E-state index contributed by atoms with van der Waals surface area (Å²) in [6.45, 7) is 4.49. The highest BCUT2D eigenvalue weighted by atomic mass is 19.4. The van der Waals surface area contributed by atoms with Crippen LogP contribution < -0.4 is 4.57 Å². The van der Waals surface area contributed by atoms with E-state index in [4.69, 9.17) is 0 Å². The van der Waals surface area contributed by atoms with Crippen LogP contribution in [0.2, 0.25) is 0 Å². The van der Waals surface area contributed by atoms with Gasteiger partial charge in [-0.15, -0.1) is 0 Å². The fourth-order valence-electron chi connectivity index (χ4n) is 3.22. The molecule has 136 valence electrons. The monoisotopic (exact) mass is 359 g/mol. The fourth-order valence-corrected chi connectivity index (χ4v) is 3.22. The van der Waals surface area contributed by atoms with Crippen molar-refractivity contribution in [2.75, 3.05) is 0 Å². The molecule has 0 aliphatic rings. The average Bonchev–Trinajstić information content (AvgIpc) is 2.55. The maximum atomic E-state index is 13.4. The Morgan fingerprint density at radius 1 is 1.00 bits per heavy atom. The van der Waals surface area contributed by atoms with Crippen molar-refractivity contribution < 1.29 is 17.7 Å². The zero-order valence-electron chi connectivity index (χ0n) is 15.4. The minimum absolute atomic E-state index is 0.109. The summed E-state index contributed by atoms with van der Waals surface area (Å²) in [5.74, 6) is 0. The van der Waals surface area contributed by atoms with Gasteiger partial charge in [0, 0.05) is 11.1 Å². The molecule has 0 aliphatic heterocycles. The summed E-state index contributed by atoms with van der Waals surface area (Å²) in [7, 11) is 1.90. The van der Waals surface area contributed by atoms with Crippen molar-refractivity contribution in [2.45, 2.75) is 33.4 Å². The van der Waals surface area contributed by atoms with Crippen molar-refractivity contribution >= 4 is 10.9 Å². The normalized spacial score (nSPS) is 12.6. The van der Waals surface area contributed by atoms with Crippen LogP contribution in [-0.2, 0) is 13.5 Å². The Balaban J connectivity index is 2.22. The number of alkyl halides is 3. The first-order chi connectivity index (χ1) is 12.1. The van der Waals surface area contributed by atoms with Crippen molar-refractivity contribution in [3.63, 3.8) is 0 Å². The van der Waals surface area contributed by atoms with Crippen LogP contribution in [0.25, 0.3) is 22.2 Å². The smallest absolute Gasteiger partial charge is 0.232 e. The molecule has 1 aromatic heterocycles. The third kappa shape index (κ3) is 3.18. The predicted molar refractivity (Wildman–Crippen MR) is 96.6 cm³/mol.